The van der Waals surface area contributed by atoms with Gasteiger partial charge in [0.15, 0.2) is 0 Å². The average molecular weight is 760 g/mol. The van der Waals surface area contributed by atoms with Gasteiger partial charge in [0.25, 0.3) is 0 Å². The minimum atomic E-state index is -1.09. The predicted molar refractivity (Wildman–Crippen MR) is 196 cm³/mol. The molecular weight excluding hydrogens is 719 g/mol. The van der Waals surface area contributed by atoms with Crippen molar-refractivity contribution in [1.29, 1.82) is 0 Å². The first-order valence-electron chi connectivity index (χ1n) is 17.5. The van der Waals surface area contributed by atoms with Crippen LogP contribution < -0.4 is 4.74 Å². The van der Waals surface area contributed by atoms with E-state index in [1.807, 2.05) is 6.20 Å². The van der Waals surface area contributed by atoms with Gasteiger partial charge in [-0.15, -0.1) is 0 Å². The van der Waals surface area contributed by atoms with Crippen molar-refractivity contribution in [2.75, 3.05) is 53.9 Å². The monoisotopic (exact) mass is 759 g/mol. The summed E-state index contributed by atoms with van der Waals surface area (Å²) in [5.41, 5.74) is 2.90. The second-order valence-electron chi connectivity index (χ2n) is 12.4. The summed E-state index contributed by atoms with van der Waals surface area (Å²) in [4.78, 5) is 20.5. The molecular formula is C40H40F3N5O7. The maximum atomic E-state index is 15.6. The van der Waals surface area contributed by atoms with Crippen molar-refractivity contribution in [3.8, 4) is 28.3 Å². The van der Waals surface area contributed by atoms with Crippen molar-refractivity contribution < 1.29 is 46.8 Å². The molecule has 0 bridgehead atoms. The van der Waals surface area contributed by atoms with Crippen LogP contribution in [0.5, 0.6) is 5.88 Å². The highest BCUT2D eigenvalue weighted by Crippen LogP contribution is 2.29. The zero-order valence-corrected chi connectivity index (χ0v) is 30.3. The standard InChI is InChI=1S/C40H40F3N5O7/c1-51-12-11-48-37-20-27(40(49)50)8-9-36(37)45-38(48)21-29-19-34(43)31(22-33(29)42)35-4-3-5-39(46-35)55-25-28-7-6-26(18-32(28)41)30-23-44-47(24-30)10-13-53-16-17-54-15-14-52-2/h3-9,18-20,22-24H,10-17,21,25H2,1-2H3,(H,49,50). The van der Waals surface area contributed by atoms with Crippen LogP contribution in [0, 0.1) is 17.5 Å². The lowest BCUT2D eigenvalue weighted by atomic mass is 10.0. The van der Waals surface area contributed by atoms with Gasteiger partial charge in [0.05, 0.1) is 74.7 Å². The molecule has 0 saturated heterocycles. The average Bonchev–Trinajstić information content (AvgIpc) is 3.80. The van der Waals surface area contributed by atoms with Gasteiger partial charge in [0, 0.05) is 56.1 Å². The van der Waals surface area contributed by atoms with Gasteiger partial charge in [-0.3, -0.25) is 4.68 Å². The van der Waals surface area contributed by atoms with E-state index in [4.69, 9.17) is 23.7 Å². The van der Waals surface area contributed by atoms with Crippen molar-refractivity contribution >= 4 is 17.0 Å². The number of benzene rings is 3. The summed E-state index contributed by atoms with van der Waals surface area (Å²) in [5.74, 6) is -2.45. The number of ether oxygens (including phenoxy) is 5. The second kappa shape index (κ2) is 18.6. The molecule has 3 aromatic heterocycles. The Morgan fingerprint density at radius 3 is 2.33 bits per heavy atom. The maximum absolute atomic E-state index is 15.6. The van der Waals surface area contributed by atoms with Gasteiger partial charge in [-0.05, 0) is 53.6 Å². The highest BCUT2D eigenvalue weighted by Gasteiger charge is 2.19. The summed E-state index contributed by atoms with van der Waals surface area (Å²) < 4.78 is 76.7. The summed E-state index contributed by atoms with van der Waals surface area (Å²) in [6.07, 6.45) is 3.40. The highest BCUT2D eigenvalue weighted by atomic mass is 19.1. The summed E-state index contributed by atoms with van der Waals surface area (Å²) >= 11 is 0. The van der Waals surface area contributed by atoms with Gasteiger partial charge in [-0.2, -0.15) is 5.10 Å². The molecule has 0 atom stereocenters. The number of carboxylic acids is 1. The van der Waals surface area contributed by atoms with Gasteiger partial charge in [-0.1, -0.05) is 18.2 Å². The number of aromatic nitrogens is 5. The molecule has 3 aromatic carbocycles. The lowest BCUT2D eigenvalue weighted by Gasteiger charge is -2.12. The Kier molecular flexibility index (Phi) is 13.2. The molecule has 0 radical (unpaired) electrons. The van der Waals surface area contributed by atoms with Crippen molar-refractivity contribution in [1.82, 2.24) is 24.3 Å². The fourth-order valence-electron chi connectivity index (χ4n) is 5.86. The minimum absolute atomic E-state index is 0.0527. The molecule has 15 heteroatoms. The van der Waals surface area contributed by atoms with Crippen molar-refractivity contribution in [3.63, 3.8) is 0 Å². The Balaban J connectivity index is 1.09. The number of carbonyl (C=O) groups is 1. The van der Waals surface area contributed by atoms with E-state index in [0.717, 1.165) is 17.7 Å². The van der Waals surface area contributed by atoms with Gasteiger partial charge < -0.3 is 33.4 Å². The Labute approximate surface area is 315 Å². The number of aromatic carboxylic acids is 1. The number of carboxylic acid groups (broad SMARTS) is 1. The molecule has 0 amide bonds. The van der Waals surface area contributed by atoms with E-state index in [-0.39, 0.29) is 46.9 Å². The van der Waals surface area contributed by atoms with Crippen molar-refractivity contribution in [2.45, 2.75) is 26.1 Å². The molecule has 0 saturated carbocycles. The van der Waals surface area contributed by atoms with Crippen LogP contribution in [0.25, 0.3) is 33.4 Å². The Hall–Kier alpha value is -5.61. The smallest absolute Gasteiger partial charge is 0.335 e. The van der Waals surface area contributed by atoms with Crippen molar-refractivity contribution in [2.24, 2.45) is 0 Å². The van der Waals surface area contributed by atoms with Gasteiger partial charge in [0.2, 0.25) is 5.88 Å². The lowest BCUT2D eigenvalue weighted by molar-refractivity contribution is 0.0225. The molecule has 6 aromatic rings. The molecule has 0 unspecified atom stereocenters. The molecule has 0 fully saturated rings. The van der Waals surface area contributed by atoms with Gasteiger partial charge in [0.1, 0.15) is 29.9 Å². The highest BCUT2D eigenvalue weighted by molar-refractivity contribution is 5.92. The fraction of sp³-hybridized carbons (Fsp3) is 0.300. The Morgan fingerprint density at radius 1 is 0.764 bits per heavy atom. The number of halogens is 3. The van der Waals surface area contributed by atoms with E-state index in [1.165, 1.54) is 31.4 Å². The number of rotatable bonds is 20. The molecule has 0 aliphatic heterocycles. The summed E-state index contributed by atoms with van der Waals surface area (Å²) in [6.45, 7) is 3.42. The molecule has 3 heterocycles. The molecule has 0 aliphatic rings. The van der Waals surface area contributed by atoms with Crippen LogP contribution in [-0.4, -0.2) is 89.3 Å². The summed E-state index contributed by atoms with van der Waals surface area (Å²) in [6, 6.07) is 16.1. The SMILES string of the molecule is COCCOCCOCCn1cc(-c2ccc(COc3cccc(-c4cc(F)c(Cc5nc6ccc(C(=O)O)cc6n5CCOC)cc4F)n3)c(F)c2)cn1. The normalized spacial score (nSPS) is 11.4. The maximum Gasteiger partial charge on any atom is 0.335 e. The fourth-order valence-corrected chi connectivity index (χ4v) is 5.86. The zero-order chi connectivity index (χ0) is 38.7. The van der Waals surface area contributed by atoms with Crippen LogP contribution in [0.1, 0.15) is 27.3 Å². The number of nitrogens with zero attached hydrogens (tertiary/aromatic N) is 5. The quantitative estimate of drug-likeness (QED) is 0.0853. The van der Waals surface area contributed by atoms with Gasteiger partial charge in [-0.25, -0.2) is 27.9 Å². The lowest BCUT2D eigenvalue weighted by Crippen LogP contribution is -2.11. The zero-order valence-electron chi connectivity index (χ0n) is 30.3. The number of hydrogen-bond acceptors (Lipinski definition) is 9. The first kappa shape index (κ1) is 39.1. The first-order chi connectivity index (χ1) is 26.7. The summed E-state index contributed by atoms with van der Waals surface area (Å²) in [7, 11) is 3.14. The number of imidazole rings is 1. The molecule has 6 rings (SSSR count). The second-order valence-corrected chi connectivity index (χ2v) is 12.4. The molecule has 55 heavy (non-hydrogen) atoms. The number of pyridine rings is 1. The summed E-state index contributed by atoms with van der Waals surface area (Å²) in [5, 5.41) is 13.8. The van der Waals surface area contributed by atoms with E-state index < -0.39 is 23.4 Å². The molecule has 1 N–H and O–H groups in total. The third-order valence-electron chi connectivity index (χ3n) is 8.74. The number of fused-ring (bicyclic) bond motifs is 1. The minimum Gasteiger partial charge on any atom is -0.478 e. The molecule has 288 valence electrons. The van der Waals surface area contributed by atoms with Crippen LogP contribution >= 0.6 is 0 Å². The third kappa shape index (κ3) is 9.93. The van der Waals surface area contributed by atoms with Crippen LogP contribution in [0.15, 0.2) is 79.1 Å². The number of hydrogen-bond donors (Lipinski definition) is 1. The largest absolute Gasteiger partial charge is 0.478 e. The number of methoxy groups -OCH3 is 2. The van der Waals surface area contributed by atoms with Gasteiger partial charge >= 0.3 is 5.97 Å². The van der Waals surface area contributed by atoms with E-state index in [2.05, 4.69) is 15.1 Å². The van der Waals surface area contributed by atoms with E-state index in [1.54, 1.807) is 52.9 Å². The predicted octanol–water partition coefficient (Wildman–Crippen LogP) is 6.57. The molecule has 12 nitrogen and oxygen atoms in total. The Bertz CT molecular complexity index is 2240. The van der Waals surface area contributed by atoms with Crippen LogP contribution in [0.3, 0.4) is 0 Å². The first-order valence-corrected chi connectivity index (χ1v) is 17.5. The van der Waals surface area contributed by atoms with Crippen molar-refractivity contribution in [3.05, 3.63) is 119 Å². The Morgan fingerprint density at radius 2 is 1.55 bits per heavy atom. The van der Waals surface area contributed by atoms with Crippen LogP contribution in [0.2, 0.25) is 0 Å². The van der Waals surface area contributed by atoms with Crippen LogP contribution in [0.4, 0.5) is 13.2 Å². The van der Waals surface area contributed by atoms with E-state index in [0.29, 0.717) is 75.2 Å². The third-order valence-corrected chi connectivity index (χ3v) is 8.74. The van der Waals surface area contributed by atoms with E-state index >= 15 is 13.2 Å². The topological polar surface area (TPSA) is 132 Å². The van der Waals surface area contributed by atoms with Crippen LogP contribution in [-0.2, 0) is 45.1 Å². The molecule has 0 aliphatic carbocycles. The van der Waals surface area contributed by atoms with E-state index in [9.17, 15) is 9.90 Å². The molecule has 0 spiro atoms.